The van der Waals surface area contributed by atoms with Gasteiger partial charge in [0.25, 0.3) is 6.33 Å². The minimum absolute atomic E-state index is 0. The van der Waals surface area contributed by atoms with E-state index in [1.807, 2.05) is 6.20 Å². The summed E-state index contributed by atoms with van der Waals surface area (Å²) in [6, 6.07) is 67.5. The van der Waals surface area contributed by atoms with Crippen molar-refractivity contribution in [2.75, 3.05) is 0 Å². The summed E-state index contributed by atoms with van der Waals surface area (Å²) in [5, 5.41) is 2.26. The second kappa shape index (κ2) is 21.2. The number of hydrogen-bond donors (Lipinski definition) is 0. The van der Waals surface area contributed by atoms with E-state index in [0.717, 1.165) is 61.5 Å². The predicted molar refractivity (Wildman–Crippen MR) is 333 cm³/mol. The molecule has 10 rings (SSSR count). The average molecular weight is 1250 g/mol. The fraction of sp³-hybridized carbons (Fsp3) is 0.333. The Kier molecular flexibility index (Phi) is 15.4. The van der Waals surface area contributed by atoms with Gasteiger partial charge < -0.3 is 13.9 Å². The normalized spacial score (nSPS) is 13.0. The number of aromatic nitrogens is 4. The van der Waals surface area contributed by atoms with Crippen LogP contribution in [0, 0.1) is 18.5 Å². The van der Waals surface area contributed by atoms with E-state index in [0.29, 0.717) is 11.5 Å². The molecular formula is C75H82N4OPt-2. The smallest absolute Gasteiger partial charge is 0.267 e. The molecule has 0 spiro atoms. The number of hydrogen-bond acceptors (Lipinski definition) is 2. The zero-order valence-electron chi connectivity index (χ0n) is 51.2. The van der Waals surface area contributed by atoms with E-state index >= 15 is 0 Å². The Bertz CT molecular complexity index is 3870. The van der Waals surface area contributed by atoms with Gasteiger partial charge in [0.1, 0.15) is 5.82 Å². The van der Waals surface area contributed by atoms with Gasteiger partial charge in [-0.2, -0.15) is 11.6 Å². The molecule has 3 aromatic heterocycles. The number of imidazole rings is 1. The number of pyridine rings is 1. The van der Waals surface area contributed by atoms with Crippen molar-refractivity contribution in [3.05, 3.63) is 244 Å². The first-order valence-electron chi connectivity index (χ1n) is 28.6. The molecule has 0 amide bonds. The molecule has 0 bridgehead atoms. The van der Waals surface area contributed by atoms with Crippen molar-refractivity contribution < 1.29 is 30.4 Å². The van der Waals surface area contributed by atoms with Crippen LogP contribution in [0.4, 0.5) is 0 Å². The van der Waals surface area contributed by atoms with E-state index in [-0.39, 0.29) is 42.7 Å². The van der Waals surface area contributed by atoms with Crippen molar-refractivity contribution >= 4 is 21.8 Å². The third-order valence-electron chi connectivity index (χ3n) is 16.8. The Hall–Kier alpha value is -6.81. The Morgan fingerprint density at radius 3 is 1.47 bits per heavy atom. The maximum atomic E-state index is 7.42. The number of ether oxygens (including phenoxy) is 1. The van der Waals surface area contributed by atoms with E-state index in [2.05, 4.69) is 321 Å². The number of benzene rings is 7. The molecule has 420 valence electrons. The third kappa shape index (κ3) is 11.2. The summed E-state index contributed by atoms with van der Waals surface area (Å²) in [6.45, 7) is 41.5. The van der Waals surface area contributed by atoms with Crippen LogP contribution in [0.25, 0.3) is 39.0 Å². The van der Waals surface area contributed by atoms with E-state index < -0.39 is 16.2 Å². The predicted octanol–water partition coefficient (Wildman–Crippen LogP) is 18.6. The minimum atomic E-state index is -0.548. The van der Waals surface area contributed by atoms with Gasteiger partial charge in [-0.05, 0) is 102 Å². The summed E-state index contributed by atoms with van der Waals surface area (Å²) in [4.78, 5) is 5.08. The number of rotatable bonds is 11. The van der Waals surface area contributed by atoms with Crippen LogP contribution in [0.1, 0.15) is 181 Å². The van der Waals surface area contributed by atoms with Crippen molar-refractivity contribution in [2.45, 2.75) is 163 Å². The van der Waals surface area contributed by atoms with Crippen LogP contribution in [-0.4, -0.2) is 14.1 Å². The first-order valence-corrected chi connectivity index (χ1v) is 28.6. The Balaban J connectivity index is 0.00000792. The van der Waals surface area contributed by atoms with Gasteiger partial charge in [0.2, 0.25) is 0 Å². The summed E-state index contributed by atoms with van der Waals surface area (Å²) in [6.07, 6.45) is 6.05. The fourth-order valence-electron chi connectivity index (χ4n) is 11.6. The van der Waals surface area contributed by atoms with Crippen molar-refractivity contribution in [3.63, 3.8) is 0 Å². The van der Waals surface area contributed by atoms with Gasteiger partial charge in [-0.3, -0.25) is 4.57 Å². The van der Waals surface area contributed by atoms with Gasteiger partial charge in [-0.1, -0.05) is 251 Å². The van der Waals surface area contributed by atoms with Crippen LogP contribution < -0.4 is 9.30 Å². The molecule has 0 fully saturated rings. The quantitative estimate of drug-likeness (QED) is 0.0956. The maximum absolute atomic E-state index is 7.42. The van der Waals surface area contributed by atoms with E-state index in [1.165, 1.54) is 33.4 Å². The molecule has 0 saturated heterocycles. The zero-order chi connectivity index (χ0) is 57.5. The van der Waals surface area contributed by atoms with Crippen LogP contribution in [-0.2, 0) is 59.0 Å². The molecule has 81 heavy (non-hydrogen) atoms. The first kappa shape index (κ1) is 58.8. The Morgan fingerprint density at radius 1 is 0.444 bits per heavy atom. The largest absolute Gasteiger partial charge is 0.510 e. The molecule has 0 aliphatic heterocycles. The van der Waals surface area contributed by atoms with Crippen LogP contribution >= 0.6 is 0 Å². The molecule has 5 nitrogen and oxygen atoms in total. The summed E-state index contributed by atoms with van der Waals surface area (Å²) < 4.78 is 14.4. The Labute approximate surface area is 498 Å². The molecule has 0 atom stereocenters. The summed E-state index contributed by atoms with van der Waals surface area (Å²) >= 11 is 0. The van der Waals surface area contributed by atoms with E-state index in [9.17, 15) is 0 Å². The zero-order valence-corrected chi connectivity index (χ0v) is 53.5. The van der Waals surface area contributed by atoms with E-state index in [1.54, 1.807) is 0 Å². The molecule has 0 aliphatic rings. The third-order valence-corrected chi connectivity index (χ3v) is 16.8. The standard InChI is InChI=1S/C75H82N4O.Pt/c1-69(2,3)53-38-39-76-65(45-53)79-63-37-29-28-36-61(63)66-62(73(13,14)50-30-22-19-23-31-50)47-60(48-64(66)79)80-59-44-56(72(10,11)12)43-58(46-59)78-49-77(57-41-54(70(4,5)6)40-55(42-57)71(7,8)9)67(74(15,16)51-32-24-20-25-33-51)68(78)75(17,18)52-34-26-21-27-35-52;/h19-45,47H,1-18H3;/q-2;. The van der Waals surface area contributed by atoms with Gasteiger partial charge in [0.05, 0.1) is 17.1 Å². The second-order valence-corrected chi connectivity index (χ2v) is 28.0. The molecule has 0 N–H and O–H groups in total. The Morgan fingerprint density at radius 2 is 0.926 bits per heavy atom. The molecule has 3 heterocycles. The molecule has 6 heteroatoms. The monoisotopic (exact) mass is 1250 g/mol. The number of fused-ring (bicyclic) bond motifs is 3. The van der Waals surface area contributed by atoms with Crippen molar-refractivity contribution in [1.82, 2.24) is 14.1 Å². The number of nitrogens with zero attached hydrogens (tertiary/aromatic N) is 4. The SMILES string of the molecule is CC(C)(C)c1cc(Oc2[c-]c3c(c(C(C)(C)c4ccccc4)c2)c2ccccc2n3-c2cc(C(C)(C)C)ccn2)[c-]c(-n2[c-][n+](-c3cc(C(C)(C)C)cc(C(C)(C)C)c3)c(C(C)(C)c3ccccc3)c2C(C)(C)c2ccccc2)c1.[Pt]. The molecule has 0 radical (unpaired) electrons. The van der Waals surface area contributed by atoms with Crippen molar-refractivity contribution in [3.8, 4) is 28.7 Å². The van der Waals surface area contributed by atoms with Gasteiger partial charge in [-0.15, -0.1) is 29.8 Å². The molecule has 0 aliphatic carbocycles. The second-order valence-electron chi connectivity index (χ2n) is 28.0. The maximum Gasteiger partial charge on any atom is 0.267 e. The topological polar surface area (TPSA) is 35.9 Å². The van der Waals surface area contributed by atoms with E-state index in [4.69, 9.17) is 9.72 Å². The van der Waals surface area contributed by atoms with Crippen LogP contribution in [0.3, 0.4) is 0 Å². The summed E-state index contributed by atoms with van der Waals surface area (Å²) in [7, 11) is 0. The van der Waals surface area contributed by atoms with Crippen molar-refractivity contribution in [1.29, 1.82) is 0 Å². The average Bonchev–Trinajstić information content (AvgIpc) is 4.24. The van der Waals surface area contributed by atoms with Gasteiger partial charge in [0, 0.05) is 55.1 Å². The van der Waals surface area contributed by atoms with Crippen LogP contribution in [0.5, 0.6) is 11.5 Å². The van der Waals surface area contributed by atoms with Crippen molar-refractivity contribution in [2.24, 2.45) is 0 Å². The van der Waals surface area contributed by atoms with Gasteiger partial charge in [-0.25, -0.2) is 4.98 Å². The minimum Gasteiger partial charge on any atom is -0.510 e. The molecule has 10 aromatic rings. The van der Waals surface area contributed by atoms with Gasteiger partial charge in [0.15, 0.2) is 0 Å². The molecular weight excluding hydrogens is 1170 g/mol. The van der Waals surface area contributed by atoms with Gasteiger partial charge >= 0.3 is 0 Å². The molecule has 0 saturated carbocycles. The molecule has 7 aromatic carbocycles. The number of para-hydroxylation sites is 1. The first-order chi connectivity index (χ1) is 37.5. The molecule has 0 unspecified atom stereocenters. The van der Waals surface area contributed by atoms with Crippen LogP contribution in [0.15, 0.2) is 170 Å². The summed E-state index contributed by atoms with van der Waals surface area (Å²) in [5.41, 5.74) is 13.6. The summed E-state index contributed by atoms with van der Waals surface area (Å²) in [5.74, 6) is 2.02. The van der Waals surface area contributed by atoms with Crippen LogP contribution in [0.2, 0.25) is 0 Å². The fourth-order valence-corrected chi connectivity index (χ4v) is 11.6.